The lowest BCUT2D eigenvalue weighted by molar-refractivity contribution is 0.211. The van der Waals surface area contributed by atoms with E-state index in [1.807, 2.05) is 6.07 Å². The van der Waals surface area contributed by atoms with Crippen molar-refractivity contribution in [3.8, 4) is 0 Å². The van der Waals surface area contributed by atoms with Crippen LogP contribution in [0.1, 0.15) is 24.3 Å². The summed E-state index contributed by atoms with van der Waals surface area (Å²) in [6.45, 7) is 0.839. The summed E-state index contributed by atoms with van der Waals surface area (Å²) < 4.78 is 1.26. The Kier molecular flexibility index (Phi) is 3.07. The van der Waals surface area contributed by atoms with Crippen LogP contribution in [0.2, 0.25) is 0 Å². The van der Waals surface area contributed by atoms with Gasteiger partial charge in [0.2, 0.25) is 0 Å². The number of para-hydroxylation sites is 1. The number of rotatable bonds is 4. The minimum atomic E-state index is 0.180. The zero-order chi connectivity index (χ0) is 11.7. The minimum absolute atomic E-state index is 0.180. The first-order chi connectivity index (χ1) is 8.31. The van der Waals surface area contributed by atoms with E-state index in [9.17, 15) is 0 Å². The topological polar surface area (TPSA) is 24.9 Å². The van der Waals surface area contributed by atoms with E-state index in [2.05, 4.69) is 28.5 Å². The summed E-state index contributed by atoms with van der Waals surface area (Å²) in [6.07, 6.45) is 3.68. The first-order valence-electron chi connectivity index (χ1n) is 5.97. The largest absolute Gasteiger partial charge is 0.304 e. The summed E-state index contributed by atoms with van der Waals surface area (Å²) in [5.74, 6) is 0.706. The molecule has 0 bridgehead atoms. The molecule has 2 nitrogen and oxygen atoms in total. The number of nitrogens with zero attached hydrogens (tertiary/aromatic N) is 1. The maximum Gasteiger partial charge on any atom is 0.108 e. The van der Waals surface area contributed by atoms with Gasteiger partial charge in [-0.05, 0) is 31.4 Å². The Morgan fingerprint density at radius 1 is 1.35 bits per heavy atom. The third-order valence-electron chi connectivity index (χ3n) is 3.52. The predicted molar refractivity (Wildman–Crippen MR) is 73.8 cm³/mol. The number of halogens is 1. The predicted octanol–water partition coefficient (Wildman–Crippen LogP) is 3.55. The van der Waals surface area contributed by atoms with Gasteiger partial charge >= 0.3 is 0 Å². The molecule has 1 heterocycles. The van der Waals surface area contributed by atoms with Crippen molar-refractivity contribution in [2.45, 2.75) is 31.3 Å². The average Bonchev–Trinajstić information content (AvgIpc) is 2.71. The molecular weight excluding hydrogens is 252 g/mol. The van der Waals surface area contributed by atoms with Gasteiger partial charge in [0.05, 0.1) is 10.2 Å². The van der Waals surface area contributed by atoms with Crippen LogP contribution in [-0.2, 0) is 6.54 Å². The van der Waals surface area contributed by atoms with Crippen LogP contribution in [0.5, 0.6) is 0 Å². The molecule has 0 spiro atoms. The Labute approximate surface area is 110 Å². The van der Waals surface area contributed by atoms with Crippen LogP contribution in [0, 0.1) is 0 Å². The van der Waals surface area contributed by atoms with Gasteiger partial charge in [-0.3, -0.25) is 0 Å². The van der Waals surface area contributed by atoms with Gasteiger partial charge in [0.1, 0.15) is 5.01 Å². The van der Waals surface area contributed by atoms with Crippen molar-refractivity contribution in [1.82, 2.24) is 10.3 Å². The molecule has 1 saturated carbocycles. The van der Waals surface area contributed by atoms with Gasteiger partial charge < -0.3 is 5.32 Å². The van der Waals surface area contributed by atoms with Crippen LogP contribution >= 0.6 is 22.9 Å². The number of hydrogen-bond donors (Lipinski definition) is 1. The molecule has 4 heteroatoms. The van der Waals surface area contributed by atoms with Crippen LogP contribution in [0.15, 0.2) is 24.3 Å². The monoisotopic (exact) mass is 266 g/mol. The second-order valence-electron chi connectivity index (χ2n) is 4.70. The lowest BCUT2D eigenvalue weighted by Gasteiger charge is -2.41. The van der Waals surface area contributed by atoms with E-state index < -0.39 is 0 Å². The van der Waals surface area contributed by atoms with Gasteiger partial charge in [-0.15, -0.1) is 22.9 Å². The SMILES string of the molecule is ClCC1(NCc2nc3ccccc3s2)CCC1. The summed E-state index contributed by atoms with van der Waals surface area (Å²) in [5, 5.41) is 4.73. The number of hydrogen-bond acceptors (Lipinski definition) is 3. The fourth-order valence-corrected chi connectivity index (χ4v) is 3.49. The third kappa shape index (κ3) is 2.19. The highest BCUT2D eigenvalue weighted by atomic mass is 35.5. The summed E-state index contributed by atoms with van der Waals surface area (Å²) in [4.78, 5) is 4.62. The highest BCUT2D eigenvalue weighted by molar-refractivity contribution is 7.18. The Balaban J connectivity index is 1.72. The second-order valence-corrected chi connectivity index (χ2v) is 6.08. The fraction of sp³-hybridized carbons (Fsp3) is 0.462. The van der Waals surface area contributed by atoms with E-state index in [1.165, 1.54) is 24.0 Å². The zero-order valence-corrected chi connectivity index (χ0v) is 11.2. The smallest absolute Gasteiger partial charge is 0.108 e. The first-order valence-corrected chi connectivity index (χ1v) is 7.32. The number of benzene rings is 1. The summed E-state index contributed by atoms with van der Waals surface area (Å²) >= 11 is 7.79. The molecular formula is C13H15ClN2S. The maximum atomic E-state index is 6.03. The Morgan fingerprint density at radius 3 is 2.82 bits per heavy atom. The highest BCUT2D eigenvalue weighted by Crippen LogP contribution is 2.33. The number of fused-ring (bicyclic) bond motifs is 1. The summed E-state index contributed by atoms with van der Waals surface area (Å²) in [6, 6.07) is 8.28. The van der Waals surface area contributed by atoms with E-state index in [-0.39, 0.29) is 5.54 Å². The van der Waals surface area contributed by atoms with Gasteiger partial charge in [-0.1, -0.05) is 12.1 Å². The van der Waals surface area contributed by atoms with E-state index in [4.69, 9.17) is 11.6 Å². The minimum Gasteiger partial charge on any atom is -0.304 e. The van der Waals surface area contributed by atoms with E-state index in [1.54, 1.807) is 11.3 Å². The maximum absolute atomic E-state index is 6.03. The Bertz CT molecular complexity index is 480. The number of thiazole rings is 1. The van der Waals surface area contributed by atoms with Crippen molar-refractivity contribution in [3.63, 3.8) is 0 Å². The second kappa shape index (κ2) is 4.56. The van der Waals surface area contributed by atoms with Crippen molar-refractivity contribution in [1.29, 1.82) is 0 Å². The standard InChI is InChI=1S/C13H15ClN2S/c14-9-13(6-3-7-13)15-8-12-16-10-4-1-2-5-11(10)17-12/h1-2,4-5,15H,3,6-9H2. The van der Waals surface area contributed by atoms with Crippen LogP contribution < -0.4 is 5.32 Å². The van der Waals surface area contributed by atoms with Gasteiger partial charge in [-0.2, -0.15) is 0 Å². The van der Waals surface area contributed by atoms with Gasteiger partial charge in [0.25, 0.3) is 0 Å². The van der Waals surface area contributed by atoms with E-state index in [0.717, 1.165) is 17.1 Å². The Morgan fingerprint density at radius 2 is 2.18 bits per heavy atom. The fourth-order valence-electron chi connectivity index (χ4n) is 2.22. The molecule has 0 amide bonds. The molecule has 2 aromatic rings. The van der Waals surface area contributed by atoms with E-state index in [0.29, 0.717) is 5.88 Å². The molecule has 1 aliphatic rings. The lowest BCUT2D eigenvalue weighted by Crippen LogP contribution is -2.52. The van der Waals surface area contributed by atoms with Crippen molar-refractivity contribution in [2.24, 2.45) is 0 Å². The van der Waals surface area contributed by atoms with Gasteiger partial charge in [0, 0.05) is 18.0 Å². The van der Waals surface area contributed by atoms with Crippen molar-refractivity contribution < 1.29 is 0 Å². The molecule has 17 heavy (non-hydrogen) atoms. The number of alkyl halides is 1. The molecule has 0 aliphatic heterocycles. The molecule has 3 rings (SSSR count). The molecule has 0 radical (unpaired) electrons. The molecule has 1 aromatic carbocycles. The lowest BCUT2D eigenvalue weighted by atomic mass is 9.78. The third-order valence-corrected chi connectivity index (χ3v) is 5.07. The molecule has 1 N–H and O–H groups in total. The molecule has 0 atom stereocenters. The van der Waals surface area contributed by atoms with Crippen LogP contribution in [0.3, 0.4) is 0 Å². The number of aromatic nitrogens is 1. The van der Waals surface area contributed by atoms with Gasteiger partial charge in [0.15, 0.2) is 0 Å². The van der Waals surface area contributed by atoms with Crippen LogP contribution in [-0.4, -0.2) is 16.4 Å². The molecule has 90 valence electrons. The van der Waals surface area contributed by atoms with Crippen molar-refractivity contribution in [3.05, 3.63) is 29.3 Å². The quantitative estimate of drug-likeness (QED) is 0.856. The highest BCUT2D eigenvalue weighted by Gasteiger charge is 2.35. The molecule has 1 aromatic heterocycles. The number of nitrogens with one attached hydrogen (secondary N) is 1. The molecule has 1 aliphatic carbocycles. The van der Waals surface area contributed by atoms with E-state index >= 15 is 0 Å². The normalized spacial score (nSPS) is 18.2. The van der Waals surface area contributed by atoms with Crippen LogP contribution in [0.25, 0.3) is 10.2 Å². The first kappa shape index (κ1) is 11.5. The van der Waals surface area contributed by atoms with Crippen molar-refractivity contribution in [2.75, 3.05) is 5.88 Å². The summed E-state index contributed by atoms with van der Waals surface area (Å²) in [5.41, 5.74) is 1.28. The molecule has 0 saturated heterocycles. The Hall–Kier alpha value is -0.640. The average molecular weight is 267 g/mol. The molecule has 1 fully saturated rings. The van der Waals surface area contributed by atoms with Crippen LogP contribution in [0.4, 0.5) is 0 Å². The zero-order valence-electron chi connectivity index (χ0n) is 9.58. The summed E-state index contributed by atoms with van der Waals surface area (Å²) in [7, 11) is 0. The molecule has 0 unspecified atom stereocenters. The van der Waals surface area contributed by atoms with Gasteiger partial charge in [-0.25, -0.2) is 4.98 Å². The van der Waals surface area contributed by atoms with Crippen molar-refractivity contribution >= 4 is 33.2 Å².